The Balaban J connectivity index is -0.000000621. The summed E-state index contributed by atoms with van der Waals surface area (Å²) in [5.74, 6) is 2.35. The normalized spacial score (nSPS) is 11.3. The van der Waals surface area contributed by atoms with Gasteiger partial charge in [0.25, 0.3) is 0 Å². The Hall–Kier alpha value is -2.82. The molecule has 0 saturated carbocycles. The van der Waals surface area contributed by atoms with Gasteiger partial charge in [0.2, 0.25) is 5.91 Å². The first kappa shape index (κ1) is 47.6. The van der Waals surface area contributed by atoms with Crippen LogP contribution in [-0.4, -0.2) is 60.0 Å². The van der Waals surface area contributed by atoms with E-state index in [4.69, 9.17) is 26.4 Å². The number of ether oxygens (including phenoxy) is 1. The lowest BCUT2D eigenvalue weighted by molar-refractivity contribution is -0.124. The minimum Gasteiger partial charge on any atom is -0.396 e. The van der Waals surface area contributed by atoms with Gasteiger partial charge >= 0.3 is 0 Å². The number of hydrogen-bond donors (Lipinski definition) is 5. The van der Waals surface area contributed by atoms with E-state index in [9.17, 15) is 9.59 Å². The molecular weight excluding hydrogens is 582 g/mol. The zero-order chi connectivity index (χ0) is 35.8. The third kappa shape index (κ3) is 32.6. The van der Waals surface area contributed by atoms with E-state index in [-0.39, 0.29) is 30.7 Å². The molecule has 0 heterocycles. The number of amidine groups is 2. The molecule has 10 heteroatoms. The third-order valence-corrected chi connectivity index (χ3v) is 6.58. The summed E-state index contributed by atoms with van der Waals surface area (Å²) in [6.45, 7) is 20.7. The molecular formula is C36H69N5O5. The second-order valence-electron chi connectivity index (χ2n) is 12.0. The zero-order valence-corrected chi connectivity index (χ0v) is 30.6. The number of rotatable bonds is 19. The average molecular weight is 652 g/mol. The highest BCUT2D eigenvalue weighted by atomic mass is 16.5. The maximum Gasteiger partial charge on any atom is 0.222 e. The molecule has 7 N–H and O–H groups in total. The van der Waals surface area contributed by atoms with Crippen molar-refractivity contribution in [2.75, 3.05) is 26.4 Å². The first-order valence-electron chi connectivity index (χ1n) is 17.1. The van der Waals surface area contributed by atoms with Crippen molar-refractivity contribution in [2.24, 2.45) is 39.4 Å². The smallest absolute Gasteiger partial charge is 0.222 e. The van der Waals surface area contributed by atoms with E-state index in [1.165, 1.54) is 19.3 Å². The number of aliphatic hydroxyl groups is 2. The molecule has 0 aliphatic rings. The largest absolute Gasteiger partial charge is 0.396 e. The summed E-state index contributed by atoms with van der Waals surface area (Å²) in [6, 6.07) is 7.23. The maximum absolute atomic E-state index is 11.6. The first-order valence-corrected chi connectivity index (χ1v) is 17.1. The number of amides is 1. The molecule has 0 fully saturated rings. The fraction of sp³-hybridized carbons (Fsp3) is 0.722. The van der Waals surface area contributed by atoms with Gasteiger partial charge in [-0.15, -0.1) is 10.2 Å². The molecule has 268 valence electrons. The van der Waals surface area contributed by atoms with Crippen LogP contribution in [0.5, 0.6) is 0 Å². The number of nitrogens with zero attached hydrogens (tertiary/aromatic N) is 2. The number of aliphatic hydroxyl groups excluding tert-OH is 2. The molecule has 0 radical (unpaired) electrons. The van der Waals surface area contributed by atoms with Gasteiger partial charge in [0.05, 0.1) is 13.2 Å². The lowest BCUT2D eigenvalue weighted by Crippen LogP contribution is -2.23. The molecule has 1 amide bonds. The van der Waals surface area contributed by atoms with Gasteiger partial charge in [0, 0.05) is 44.1 Å². The van der Waals surface area contributed by atoms with Crippen LogP contribution in [-0.2, 0) is 20.9 Å². The minimum absolute atomic E-state index is 0.105. The number of ketones is 1. The van der Waals surface area contributed by atoms with Crippen molar-refractivity contribution in [1.29, 1.82) is 0 Å². The standard InChI is InChI=1S/C13H19N5O2.C13H26O2.C5H12O.C5H12/c1-9(14)17-18-13(15)11-4-2-10(3-5-11)8-16-12(20)6-7-19;1-5-12(6-2)13(14)8-10-15-9-7-11(3)4;1-5(2)3-4-6;1-3-5-4-2/h2-5,19H,6-8H2,1H3,(H2,14,17)(H2,15,18)(H,16,20);11-12H,5-10H2,1-4H3;5-6H,3-4H2,1-2H3;3-5H2,1-2H3. The molecule has 46 heavy (non-hydrogen) atoms. The van der Waals surface area contributed by atoms with Gasteiger partial charge in [-0.1, -0.05) is 98.9 Å². The van der Waals surface area contributed by atoms with Crippen molar-refractivity contribution in [3.05, 3.63) is 35.4 Å². The van der Waals surface area contributed by atoms with Gasteiger partial charge in [-0.2, -0.15) is 0 Å². The van der Waals surface area contributed by atoms with Gasteiger partial charge in [0.15, 0.2) is 5.84 Å². The number of benzene rings is 1. The fourth-order valence-corrected chi connectivity index (χ4v) is 3.53. The highest BCUT2D eigenvalue weighted by Crippen LogP contribution is 2.11. The summed E-state index contributed by atoms with van der Waals surface area (Å²) in [5, 5.41) is 27.0. The maximum atomic E-state index is 11.6. The number of unbranched alkanes of at least 4 members (excludes halogenated alkanes) is 2. The lowest BCUT2D eigenvalue weighted by Gasteiger charge is -2.11. The molecule has 0 aromatic heterocycles. The Labute approximate surface area is 280 Å². The second kappa shape index (κ2) is 33.5. The molecule has 0 aliphatic heterocycles. The summed E-state index contributed by atoms with van der Waals surface area (Å²) in [6.07, 6.45) is 8.70. The topological polar surface area (TPSA) is 173 Å². The summed E-state index contributed by atoms with van der Waals surface area (Å²) in [7, 11) is 0. The molecule has 0 aliphatic carbocycles. The van der Waals surface area contributed by atoms with E-state index in [1.807, 2.05) is 12.1 Å². The fourth-order valence-electron chi connectivity index (χ4n) is 3.53. The minimum atomic E-state index is -0.189. The van der Waals surface area contributed by atoms with Crippen LogP contribution in [0.1, 0.15) is 131 Å². The van der Waals surface area contributed by atoms with Crippen molar-refractivity contribution >= 4 is 23.4 Å². The van der Waals surface area contributed by atoms with E-state index in [0.717, 1.165) is 43.4 Å². The van der Waals surface area contributed by atoms with Crippen molar-refractivity contribution < 1.29 is 24.5 Å². The molecule has 0 saturated heterocycles. The number of nitrogens with one attached hydrogen (secondary N) is 1. The number of carbonyl (C=O) groups excluding carboxylic acids is 2. The van der Waals surface area contributed by atoms with Crippen molar-refractivity contribution in [3.63, 3.8) is 0 Å². The number of hydrogen-bond acceptors (Lipinski definition) is 7. The summed E-state index contributed by atoms with van der Waals surface area (Å²) in [5.41, 5.74) is 12.8. The Kier molecular flexibility index (Phi) is 34.7. The van der Waals surface area contributed by atoms with Gasteiger partial charge < -0.3 is 31.7 Å². The van der Waals surface area contributed by atoms with Crippen molar-refractivity contribution in [2.45, 2.75) is 127 Å². The van der Waals surface area contributed by atoms with Gasteiger partial charge in [-0.05, 0) is 50.0 Å². The van der Waals surface area contributed by atoms with Crippen molar-refractivity contribution in [1.82, 2.24) is 5.32 Å². The van der Waals surface area contributed by atoms with Crippen LogP contribution < -0.4 is 16.8 Å². The molecule has 1 rings (SSSR count). The SMILES string of the molecule is C/C(N)=N/N=C(\N)c1ccc(CNC(=O)CCO)cc1.CC(C)CCO.CCC(CC)C(=O)CCOCCC(C)C.CCCCC. The van der Waals surface area contributed by atoms with Crippen LogP contribution >= 0.6 is 0 Å². The van der Waals surface area contributed by atoms with E-state index in [2.05, 4.69) is 70.9 Å². The molecule has 1 aromatic rings. The Bertz CT molecular complexity index is 908. The summed E-state index contributed by atoms with van der Waals surface area (Å²) >= 11 is 0. The number of Topliss-reactive ketones (excluding diaryl/α,β-unsaturated/α-hetero) is 1. The van der Waals surface area contributed by atoms with E-state index in [0.29, 0.717) is 49.6 Å². The molecule has 0 unspecified atom stereocenters. The van der Waals surface area contributed by atoms with E-state index in [1.54, 1.807) is 19.1 Å². The predicted molar refractivity (Wildman–Crippen MR) is 194 cm³/mol. The van der Waals surface area contributed by atoms with Crippen molar-refractivity contribution in [3.8, 4) is 0 Å². The Morgan fingerprint density at radius 2 is 1.39 bits per heavy atom. The first-order chi connectivity index (χ1) is 21.8. The Morgan fingerprint density at radius 3 is 1.78 bits per heavy atom. The van der Waals surface area contributed by atoms with Crippen LogP contribution in [0.3, 0.4) is 0 Å². The quantitative estimate of drug-likeness (QED) is 0.0502. The van der Waals surface area contributed by atoms with E-state index >= 15 is 0 Å². The Morgan fingerprint density at radius 1 is 0.826 bits per heavy atom. The van der Waals surface area contributed by atoms with Crippen LogP contribution in [0, 0.1) is 17.8 Å². The van der Waals surface area contributed by atoms with Gasteiger partial charge in [-0.25, -0.2) is 0 Å². The molecule has 0 spiro atoms. The molecule has 10 nitrogen and oxygen atoms in total. The second-order valence-corrected chi connectivity index (χ2v) is 12.0. The van der Waals surface area contributed by atoms with Gasteiger partial charge in [-0.3, -0.25) is 9.59 Å². The van der Waals surface area contributed by atoms with Crippen LogP contribution in [0.2, 0.25) is 0 Å². The molecule has 0 atom stereocenters. The summed E-state index contributed by atoms with van der Waals surface area (Å²) in [4.78, 5) is 22.8. The number of nitrogens with two attached hydrogens (primary N) is 2. The monoisotopic (exact) mass is 652 g/mol. The van der Waals surface area contributed by atoms with Crippen LogP contribution in [0.15, 0.2) is 34.5 Å². The predicted octanol–water partition coefficient (Wildman–Crippen LogP) is 6.35. The average Bonchev–Trinajstić information content (AvgIpc) is 3.01. The van der Waals surface area contributed by atoms with Crippen LogP contribution in [0.25, 0.3) is 0 Å². The lowest BCUT2D eigenvalue weighted by atomic mass is 9.96. The van der Waals surface area contributed by atoms with E-state index < -0.39 is 0 Å². The highest BCUT2D eigenvalue weighted by molar-refractivity contribution is 5.97. The number of carbonyl (C=O) groups is 2. The molecule has 1 aromatic carbocycles. The highest BCUT2D eigenvalue weighted by Gasteiger charge is 2.13. The van der Waals surface area contributed by atoms with Crippen LogP contribution in [0.4, 0.5) is 0 Å². The third-order valence-electron chi connectivity index (χ3n) is 6.58. The van der Waals surface area contributed by atoms with Gasteiger partial charge in [0.1, 0.15) is 11.6 Å². The molecule has 0 bridgehead atoms. The summed E-state index contributed by atoms with van der Waals surface area (Å²) < 4.78 is 5.43. The zero-order valence-electron chi connectivity index (χ0n) is 30.6.